The number of amides is 2. The molecule has 0 aromatic heterocycles. The van der Waals surface area contributed by atoms with E-state index in [1.807, 2.05) is 6.92 Å². The standard InChI is InChI=1S/C30H38N4O4S/c1-20-10-13-25(14-11-20)39(37,38)34-17-16-31-30(36)28(34)19-29(35)33-27-9-5-6-23-18-22(12-15-26(23)27)21(2)32-24-7-3-4-8-24/h10-18,21,24,27-28,32H,3-9,19H2,1-2H3,(H,31,36)(H,33,35)/t21-,27+,28+/m0/s1. The Morgan fingerprint density at radius 1 is 1.08 bits per heavy atom. The van der Waals surface area contributed by atoms with Crippen LogP contribution in [0, 0.1) is 6.92 Å². The number of hydrogen-bond acceptors (Lipinski definition) is 5. The van der Waals surface area contributed by atoms with Crippen molar-refractivity contribution >= 4 is 21.8 Å². The second kappa shape index (κ2) is 11.5. The Balaban J connectivity index is 1.28. The number of nitrogens with zero attached hydrogens (tertiary/aromatic N) is 1. The molecular weight excluding hydrogens is 512 g/mol. The van der Waals surface area contributed by atoms with E-state index in [4.69, 9.17) is 0 Å². The van der Waals surface area contributed by atoms with Gasteiger partial charge in [0.25, 0.3) is 10.0 Å². The zero-order valence-corrected chi connectivity index (χ0v) is 23.5. The third kappa shape index (κ3) is 6.04. The summed E-state index contributed by atoms with van der Waals surface area (Å²) < 4.78 is 27.7. The largest absolute Gasteiger partial charge is 0.349 e. The maximum absolute atomic E-state index is 13.3. The van der Waals surface area contributed by atoms with E-state index >= 15 is 0 Å². The molecule has 1 aliphatic heterocycles. The van der Waals surface area contributed by atoms with Gasteiger partial charge in [0, 0.05) is 24.5 Å². The van der Waals surface area contributed by atoms with Crippen LogP contribution < -0.4 is 16.0 Å². The van der Waals surface area contributed by atoms with Gasteiger partial charge < -0.3 is 16.0 Å². The summed E-state index contributed by atoms with van der Waals surface area (Å²) >= 11 is 0. The van der Waals surface area contributed by atoms with E-state index in [2.05, 4.69) is 41.1 Å². The lowest BCUT2D eigenvalue weighted by Crippen LogP contribution is -2.51. The van der Waals surface area contributed by atoms with Gasteiger partial charge in [-0.15, -0.1) is 0 Å². The van der Waals surface area contributed by atoms with Gasteiger partial charge in [-0.05, 0) is 74.8 Å². The summed E-state index contributed by atoms with van der Waals surface area (Å²) in [5.41, 5.74) is 4.53. The van der Waals surface area contributed by atoms with Crippen LogP contribution in [0.25, 0.3) is 0 Å². The van der Waals surface area contributed by atoms with Crippen LogP contribution in [-0.4, -0.2) is 36.6 Å². The summed E-state index contributed by atoms with van der Waals surface area (Å²) in [6.45, 7) is 4.08. The summed E-state index contributed by atoms with van der Waals surface area (Å²) in [4.78, 5) is 26.0. The third-order valence-corrected chi connectivity index (χ3v) is 9.99. The lowest BCUT2D eigenvalue weighted by Gasteiger charge is -2.32. The van der Waals surface area contributed by atoms with Crippen LogP contribution >= 0.6 is 0 Å². The normalized spacial score (nSPS) is 22.3. The highest BCUT2D eigenvalue weighted by molar-refractivity contribution is 7.89. The van der Waals surface area contributed by atoms with Crippen LogP contribution in [0.4, 0.5) is 0 Å². The van der Waals surface area contributed by atoms with Gasteiger partial charge in [-0.3, -0.25) is 13.9 Å². The molecule has 0 bridgehead atoms. The minimum Gasteiger partial charge on any atom is -0.349 e. The Morgan fingerprint density at radius 3 is 2.56 bits per heavy atom. The number of carbonyl (C=O) groups is 2. The van der Waals surface area contributed by atoms with Crippen molar-refractivity contribution in [3.63, 3.8) is 0 Å². The van der Waals surface area contributed by atoms with E-state index in [0.717, 1.165) is 34.7 Å². The molecule has 2 aliphatic carbocycles. The van der Waals surface area contributed by atoms with Crippen LogP contribution in [0.2, 0.25) is 0 Å². The number of aryl methyl sites for hydroxylation is 2. The number of rotatable bonds is 8. The number of carbonyl (C=O) groups excluding carboxylic acids is 2. The molecule has 0 spiro atoms. The molecule has 1 saturated carbocycles. The summed E-state index contributed by atoms with van der Waals surface area (Å²) in [6, 6.07) is 12.5. The first-order valence-electron chi connectivity index (χ1n) is 14.0. The van der Waals surface area contributed by atoms with E-state index in [1.165, 1.54) is 61.3 Å². The molecule has 39 heavy (non-hydrogen) atoms. The number of nitrogens with one attached hydrogen (secondary N) is 3. The SMILES string of the molecule is Cc1ccc(S(=O)(=O)N2C=CNC(=O)[C@H]2CC(=O)N[C@@H]2CCCc3cc([C@H](C)NC4CCCC4)ccc32)cc1. The van der Waals surface area contributed by atoms with E-state index < -0.39 is 22.0 Å². The van der Waals surface area contributed by atoms with Crippen LogP contribution in [0.1, 0.15) is 86.2 Å². The second-order valence-corrected chi connectivity index (χ2v) is 12.9. The predicted molar refractivity (Wildman–Crippen MR) is 150 cm³/mol. The summed E-state index contributed by atoms with van der Waals surface area (Å²) in [7, 11) is -4.01. The Morgan fingerprint density at radius 2 is 1.82 bits per heavy atom. The molecule has 0 radical (unpaired) electrons. The average molecular weight is 551 g/mol. The Hall–Kier alpha value is -3.17. The highest BCUT2D eigenvalue weighted by atomic mass is 32.2. The highest BCUT2D eigenvalue weighted by Crippen LogP contribution is 2.33. The third-order valence-electron chi connectivity index (χ3n) is 8.19. The lowest BCUT2D eigenvalue weighted by molar-refractivity contribution is -0.129. The zero-order chi connectivity index (χ0) is 27.6. The highest BCUT2D eigenvalue weighted by Gasteiger charge is 2.37. The molecule has 208 valence electrons. The fraction of sp³-hybridized carbons (Fsp3) is 0.467. The number of benzene rings is 2. The maximum atomic E-state index is 13.3. The molecule has 5 rings (SSSR count). The second-order valence-electron chi connectivity index (χ2n) is 11.0. The Kier molecular flexibility index (Phi) is 8.09. The van der Waals surface area contributed by atoms with Crippen molar-refractivity contribution in [2.45, 2.75) is 94.3 Å². The molecule has 2 aromatic rings. The number of hydrogen-bond donors (Lipinski definition) is 3. The maximum Gasteiger partial charge on any atom is 0.264 e. The van der Waals surface area contributed by atoms with Gasteiger partial charge in [-0.1, -0.05) is 48.7 Å². The van der Waals surface area contributed by atoms with Crippen LogP contribution in [0.3, 0.4) is 0 Å². The zero-order valence-electron chi connectivity index (χ0n) is 22.7. The van der Waals surface area contributed by atoms with Gasteiger partial charge in [0.1, 0.15) is 6.04 Å². The van der Waals surface area contributed by atoms with Crippen molar-refractivity contribution in [1.82, 2.24) is 20.3 Å². The quantitative estimate of drug-likeness (QED) is 0.458. The lowest BCUT2D eigenvalue weighted by atomic mass is 9.85. The van der Waals surface area contributed by atoms with Crippen molar-refractivity contribution in [2.24, 2.45) is 0 Å². The van der Waals surface area contributed by atoms with Crippen molar-refractivity contribution < 1.29 is 18.0 Å². The van der Waals surface area contributed by atoms with Crippen LogP contribution in [0.15, 0.2) is 59.8 Å². The van der Waals surface area contributed by atoms with E-state index in [1.54, 1.807) is 12.1 Å². The van der Waals surface area contributed by atoms with E-state index in [-0.39, 0.29) is 29.3 Å². The van der Waals surface area contributed by atoms with Crippen molar-refractivity contribution in [3.05, 3.63) is 77.1 Å². The topological polar surface area (TPSA) is 108 Å². The summed E-state index contributed by atoms with van der Waals surface area (Å²) in [6.07, 6.45) is 10.1. The minimum atomic E-state index is -4.01. The molecule has 2 amide bonds. The molecule has 3 N–H and O–H groups in total. The molecule has 8 nitrogen and oxygen atoms in total. The van der Waals surface area contributed by atoms with Crippen molar-refractivity contribution in [1.29, 1.82) is 0 Å². The number of fused-ring (bicyclic) bond motifs is 1. The van der Waals surface area contributed by atoms with Crippen molar-refractivity contribution in [3.8, 4) is 0 Å². The first-order chi connectivity index (χ1) is 18.7. The van der Waals surface area contributed by atoms with Gasteiger partial charge in [-0.2, -0.15) is 0 Å². The van der Waals surface area contributed by atoms with Crippen LogP contribution in [-0.2, 0) is 26.0 Å². The molecule has 9 heteroatoms. The van der Waals surface area contributed by atoms with Gasteiger partial charge in [0.2, 0.25) is 11.8 Å². The molecule has 1 fully saturated rings. The van der Waals surface area contributed by atoms with Gasteiger partial charge in [0.05, 0.1) is 17.4 Å². The molecule has 3 atom stereocenters. The molecule has 0 unspecified atom stereocenters. The Bertz CT molecular complexity index is 1350. The van der Waals surface area contributed by atoms with Gasteiger partial charge in [0.15, 0.2) is 0 Å². The average Bonchev–Trinajstić information content (AvgIpc) is 3.43. The fourth-order valence-corrected chi connectivity index (χ4v) is 7.45. The molecule has 0 saturated heterocycles. The van der Waals surface area contributed by atoms with Crippen molar-refractivity contribution in [2.75, 3.05) is 0 Å². The van der Waals surface area contributed by atoms with Crippen LogP contribution in [0.5, 0.6) is 0 Å². The first-order valence-corrected chi connectivity index (χ1v) is 15.4. The number of sulfonamides is 1. The van der Waals surface area contributed by atoms with E-state index in [9.17, 15) is 18.0 Å². The minimum absolute atomic E-state index is 0.0755. The fourth-order valence-electron chi connectivity index (χ4n) is 6.00. The summed E-state index contributed by atoms with van der Waals surface area (Å²) in [5, 5.41) is 9.40. The van der Waals surface area contributed by atoms with Gasteiger partial charge >= 0.3 is 0 Å². The molecule has 2 aromatic carbocycles. The first kappa shape index (κ1) is 27.4. The predicted octanol–water partition coefficient (Wildman–Crippen LogP) is 4.13. The summed E-state index contributed by atoms with van der Waals surface area (Å²) in [5.74, 6) is -0.881. The molecule has 3 aliphatic rings. The monoisotopic (exact) mass is 550 g/mol. The molecular formula is C30H38N4O4S. The Labute approximate surface area is 231 Å². The molecule has 1 heterocycles. The van der Waals surface area contributed by atoms with Gasteiger partial charge in [-0.25, -0.2) is 8.42 Å². The van der Waals surface area contributed by atoms with E-state index in [0.29, 0.717) is 6.04 Å². The smallest absolute Gasteiger partial charge is 0.264 e.